The van der Waals surface area contributed by atoms with E-state index in [1.54, 1.807) is 53.6 Å². The van der Waals surface area contributed by atoms with E-state index < -0.39 is 9.84 Å². The smallest absolute Gasteiger partial charge is 0.259 e. The number of aromatic nitrogens is 1. The molecular weight excluding hydrogens is 340 g/mol. The molecule has 0 aliphatic carbocycles. The minimum atomic E-state index is -3.45. The second-order valence-electron chi connectivity index (χ2n) is 5.95. The van der Waals surface area contributed by atoms with Gasteiger partial charge in [-0.05, 0) is 37.1 Å². The molecule has 0 saturated carbocycles. The van der Waals surface area contributed by atoms with Crippen LogP contribution in [0.4, 0.5) is 0 Å². The van der Waals surface area contributed by atoms with Crippen molar-refractivity contribution in [1.82, 2.24) is 9.88 Å². The first-order valence-electron chi connectivity index (χ1n) is 8.10. The van der Waals surface area contributed by atoms with Gasteiger partial charge < -0.3 is 9.64 Å². The Hall–Kier alpha value is -2.41. The summed E-state index contributed by atoms with van der Waals surface area (Å²) in [5, 5.41) is 0. The summed E-state index contributed by atoms with van der Waals surface area (Å²) in [5.74, 6) is -0.0644. The molecule has 1 aliphatic rings. The van der Waals surface area contributed by atoms with Gasteiger partial charge in [0.25, 0.3) is 5.91 Å². The number of ether oxygens (including phenoxy) is 1. The van der Waals surface area contributed by atoms with Crippen LogP contribution in [0.2, 0.25) is 0 Å². The molecule has 132 valence electrons. The molecule has 3 rings (SSSR count). The van der Waals surface area contributed by atoms with E-state index >= 15 is 0 Å². The van der Waals surface area contributed by atoms with Crippen LogP contribution in [-0.2, 0) is 9.84 Å². The fraction of sp³-hybridized carbons (Fsp3) is 0.333. The maximum Gasteiger partial charge on any atom is 0.259 e. The fourth-order valence-corrected chi connectivity index (χ4v) is 4.74. The summed E-state index contributed by atoms with van der Waals surface area (Å²) in [5.41, 5.74) is 0.356. The van der Waals surface area contributed by atoms with Gasteiger partial charge in [0.15, 0.2) is 9.84 Å². The molecule has 1 aliphatic heterocycles. The first-order valence-corrected chi connectivity index (χ1v) is 9.76. The van der Waals surface area contributed by atoms with Crippen molar-refractivity contribution in [1.29, 1.82) is 0 Å². The summed E-state index contributed by atoms with van der Waals surface area (Å²) in [7, 11) is -1.99. The molecule has 0 spiro atoms. The number of hydrogen-bond donors (Lipinski definition) is 0. The number of carbonyl (C=O) groups is 1. The first-order chi connectivity index (χ1) is 12.0. The minimum absolute atomic E-state index is 0.0780. The molecule has 1 aromatic heterocycles. The third kappa shape index (κ3) is 3.66. The van der Waals surface area contributed by atoms with Crippen molar-refractivity contribution in [2.75, 3.05) is 19.4 Å². The summed E-state index contributed by atoms with van der Waals surface area (Å²) in [6.45, 7) is 0.534. The van der Waals surface area contributed by atoms with E-state index in [1.165, 1.54) is 7.11 Å². The highest BCUT2D eigenvalue weighted by atomic mass is 32.2. The van der Waals surface area contributed by atoms with E-state index in [4.69, 9.17) is 4.74 Å². The van der Waals surface area contributed by atoms with Gasteiger partial charge in [0.05, 0.1) is 17.8 Å². The van der Waals surface area contributed by atoms with Crippen LogP contribution in [0, 0.1) is 0 Å². The van der Waals surface area contributed by atoms with Crippen LogP contribution in [0.3, 0.4) is 0 Å². The predicted octanol–water partition coefficient (Wildman–Crippen LogP) is 2.17. The predicted molar refractivity (Wildman–Crippen MR) is 93.3 cm³/mol. The van der Waals surface area contributed by atoms with Gasteiger partial charge in [-0.1, -0.05) is 18.2 Å². The van der Waals surface area contributed by atoms with Gasteiger partial charge in [0.1, 0.15) is 5.56 Å². The van der Waals surface area contributed by atoms with Crippen LogP contribution in [-0.4, -0.2) is 49.7 Å². The molecule has 0 radical (unpaired) electrons. The lowest BCUT2D eigenvalue weighted by Gasteiger charge is -2.25. The molecule has 2 aromatic rings. The molecule has 2 heterocycles. The molecule has 7 heteroatoms. The number of carbonyl (C=O) groups excluding carboxylic acids is 1. The summed E-state index contributed by atoms with van der Waals surface area (Å²) in [6, 6.07) is 11.3. The molecule has 0 bridgehead atoms. The van der Waals surface area contributed by atoms with Crippen LogP contribution in [0.5, 0.6) is 5.88 Å². The molecule has 1 aromatic carbocycles. The van der Waals surface area contributed by atoms with E-state index in [-0.39, 0.29) is 28.5 Å². The average Bonchev–Trinajstić information content (AvgIpc) is 3.09. The zero-order chi connectivity index (χ0) is 17.9. The molecule has 1 amide bonds. The molecular formula is C18H20N2O4S. The first kappa shape index (κ1) is 17.4. The van der Waals surface area contributed by atoms with Crippen molar-refractivity contribution in [2.24, 2.45) is 0 Å². The van der Waals surface area contributed by atoms with Crippen molar-refractivity contribution < 1.29 is 17.9 Å². The molecule has 1 atom stereocenters. The van der Waals surface area contributed by atoms with Crippen LogP contribution < -0.4 is 4.74 Å². The minimum Gasteiger partial charge on any atom is -0.480 e. The summed E-state index contributed by atoms with van der Waals surface area (Å²) < 4.78 is 30.4. The van der Waals surface area contributed by atoms with Crippen molar-refractivity contribution >= 4 is 15.7 Å². The highest BCUT2D eigenvalue weighted by Crippen LogP contribution is 2.26. The third-order valence-corrected chi connectivity index (χ3v) is 6.16. The summed E-state index contributed by atoms with van der Waals surface area (Å²) in [4.78, 5) is 18.8. The Kier molecular flexibility index (Phi) is 5.03. The Balaban J connectivity index is 1.82. The molecule has 1 saturated heterocycles. The normalized spacial score (nSPS) is 17.5. The summed E-state index contributed by atoms with van der Waals surface area (Å²) >= 11 is 0. The average molecular weight is 360 g/mol. The Bertz CT molecular complexity index is 852. The standard InChI is InChI=1S/C18H20N2O4S/c1-24-17-16(10-5-11-19-17)18(21)20-12-6-7-14(20)13-25(22,23)15-8-3-2-4-9-15/h2-5,8-11,14H,6-7,12-13H2,1H3. The van der Waals surface area contributed by atoms with Crippen LogP contribution >= 0.6 is 0 Å². The second-order valence-corrected chi connectivity index (χ2v) is 7.98. The van der Waals surface area contributed by atoms with Crippen molar-refractivity contribution in [3.05, 3.63) is 54.2 Å². The summed E-state index contributed by atoms with van der Waals surface area (Å²) in [6.07, 6.45) is 3.00. The van der Waals surface area contributed by atoms with E-state index in [0.717, 1.165) is 6.42 Å². The topological polar surface area (TPSA) is 76.6 Å². The van der Waals surface area contributed by atoms with Crippen LogP contribution in [0.25, 0.3) is 0 Å². The number of likely N-dealkylation sites (tertiary alicyclic amines) is 1. The maximum atomic E-state index is 12.9. The van der Waals surface area contributed by atoms with Gasteiger partial charge in [0.2, 0.25) is 5.88 Å². The molecule has 1 fully saturated rings. The number of amides is 1. The van der Waals surface area contributed by atoms with Crippen LogP contribution in [0.15, 0.2) is 53.6 Å². The zero-order valence-electron chi connectivity index (χ0n) is 14.0. The fourth-order valence-electron chi connectivity index (χ4n) is 3.12. The second kappa shape index (κ2) is 7.23. The Morgan fingerprint density at radius 3 is 2.72 bits per heavy atom. The van der Waals surface area contributed by atoms with Crippen molar-refractivity contribution in [2.45, 2.75) is 23.8 Å². The quantitative estimate of drug-likeness (QED) is 0.817. The highest BCUT2D eigenvalue weighted by molar-refractivity contribution is 7.91. The molecule has 0 N–H and O–H groups in total. The maximum absolute atomic E-state index is 12.9. The van der Waals surface area contributed by atoms with Gasteiger partial charge in [-0.25, -0.2) is 13.4 Å². The number of pyridine rings is 1. The lowest BCUT2D eigenvalue weighted by atomic mass is 10.2. The largest absolute Gasteiger partial charge is 0.480 e. The third-order valence-electron chi connectivity index (χ3n) is 4.35. The van der Waals surface area contributed by atoms with E-state index in [0.29, 0.717) is 18.5 Å². The monoisotopic (exact) mass is 360 g/mol. The Labute approximate surface area is 147 Å². The number of rotatable bonds is 5. The Morgan fingerprint density at radius 2 is 2.00 bits per heavy atom. The van der Waals surface area contributed by atoms with Gasteiger partial charge >= 0.3 is 0 Å². The highest BCUT2D eigenvalue weighted by Gasteiger charge is 2.34. The van der Waals surface area contributed by atoms with E-state index in [9.17, 15) is 13.2 Å². The zero-order valence-corrected chi connectivity index (χ0v) is 14.8. The van der Waals surface area contributed by atoms with Crippen LogP contribution in [0.1, 0.15) is 23.2 Å². The molecule has 25 heavy (non-hydrogen) atoms. The Morgan fingerprint density at radius 1 is 1.24 bits per heavy atom. The molecule has 6 nitrogen and oxygen atoms in total. The van der Waals surface area contributed by atoms with Gasteiger partial charge in [-0.2, -0.15) is 0 Å². The number of benzene rings is 1. The molecule has 1 unspecified atom stereocenters. The number of sulfone groups is 1. The lowest BCUT2D eigenvalue weighted by molar-refractivity contribution is 0.0745. The number of methoxy groups -OCH3 is 1. The lowest BCUT2D eigenvalue weighted by Crippen LogP contribution is -2.39. The number of hydrogen-bond acceptors (Lipinski definition) is 5. The van der Waals surface area contributed by atoms with Crippen molar-refractivity contribution in [3.63, 3.8) is 0 Å². The van der Waals surface area contributed by atoms with Gasteiger partial charge in [0, 0.05) is 18.8 Å². The van der Waals surface area contributed by atoms with Crippen molar-refractivity contribution in [3.8, 4) is 5.88 Å². The van der Waals surface area contributed by atoms with Gasteiger partial charge in [-0.15, -0.1) is 0 Å². The number of nitrogens with zero attached hydrogens (tertiary/aromatic N) is 2. The van der Waals surface area contributed by atoms with E-state index in [2.05, 4.69) is 4.98 Å². The van der Waals surface area contributed by atoms with Gasteiger partial charge in [-0.3, -0.25) is 4.79 Å². The van der Waals surface area contributed by atoms with E-state index in [1.807, 2.05) is 0 Å². The SMILES string of the molecule is COc1ncccc1C(=O)N1CCCC1CS(=O)(=O)c1ccccc1.